The number of benzene rings is 2. The van der Waals surface area contributed by atoms with E-state index in [0.29, 0.717) is 0 Å². The number of hydrogen-bond donors (Lipinski definition) is 1. The quantitative estimate of drug-likeness (QED) is 0.842. The minimum atomic E-state index is 0.996. The first-order valence-corrected chi connectivity index (χ1v) is 5.97. The van der Waals surface area contributed by atoms with E-state index in [1.807, 2.05) is 7.05 Å². The highest BCUT2D eigenvalue weighted by molar-refractivity contribution is 5.61. The molecule has 0 bridgehead atoms. The largest absolute Gasteiger partial charge is 0.388 e. The Hall–Kier alpha value is -1.96. The van der Waals surface area contributed by atoms with Gasteiger partial charge in [0, 0.05) is 31.5 Å². The molecule has 1 heterocycles. The molecule has 86 valence electrons. The standard InChI is InChI=1S/C15H16N2/c1-16-15-9-5-6-12-10-17(11-14(12)15)13-7-3-2-4-8-13/h2-9,16H,10-11H2,1H3. The summed E-state index contributed by atoms with van der Waals surface area (Å²) in [7, 11) is 1.99. The molecule has 3 rings (SSSR count). The van der Waals surface area contributed by atoms with Gasteiger partial charge in [-0.05, 0) is 29.3 Å². The van der Waals surface area contributed by atoms with Crippen LogP contribution < -0.4 is 10.2 Å². The number of nitrogens with zero attached hydrogens (tertiary/aromatic N) is 1. The van der Waals surface area contributed by atoms with E-state index < -0.39 is 0 Å². The summed E-state index contributed by atoms with van der Waals surface area (Å²) in [4.78, 5) is 2.41. The fourth-order valence-corrected chi connectivity index (χ4v) is 2.48. The second-order valence-electron chi connectivity index (χ2n) is 4.38. The molecule has 1 aliphatic heterocycles. The molecule has 2 aromatic rings. The molecule has 0 aliphatic carbocycles. The first-order valence-electron chi connectivity index (χ1n) is 5.97. The highest BCUT2D eigenvalue weighted by atomic mass is 15.1. The van der Waals surface area contributed by atoms with Crippen LogP contribution in [0.25, 0.3) is 0 Å². The van der Waals surface area contributed by atoms with Crippen molar-refractivity contribution in [2.24, 2.45) is 0 Å². The molecule has 2 aromatic carbocycles. The summed E-state index contributed by atoms with van der Waals surface area (Å²) in [5.41, 5.74) is 5.41. The van der Waals surface area contributed by atoms with Crippen LogP contribution in [0.4, 0.5) is 11.4 Å². The van der Waals surface area contributed by atoms with Crippen LogP contribution in [0.2, 0.25) is 0 Å². The maximum Gasteiger partial charge on any atom is 0.0457 e. The minimum absolute atomic E-state index is 0.996. The summed E-state index contributed by atoms with van der Waals surface area (Å²) in [6.07, 6.45) is 0. The van der Waals surface area contributed by atoms with Crippen molar-refractivity contribution in [3.05, 3.63) is 59.7 Å². The molecule has 17 heavy (non-hydrogen) atoms. The Morgan fingerprint density at radius 3 is 2.53 bits per heavy atom. The second-order valence-corrected chi connectivity index (χ2v) is 4.38. The summed E-state index contributed by atoms with van der Waals surface area (Å²) < 4.78 is 0. The molecule has 1 aliphatic rings. The summed E-state index contributed by atoms with van der Waals surface area (Å²) in [6.45, 7) is 2.01. The van der Waals surface area contributed by atoms with Crippen molar-refractivity contribution >= 4 is 11.4 Å². The first-order chi connectivity index (χ1) is 8.38. The lowest BCUT2D eigenvalue weighted by atomic mass is 10.1. The van der Waals surface area contributed by atoms with Crippen molar-refractivity contribution in [1.82, 2.24) is 0 Å². The van der Waals surface area contributed by atoms with Gasteiger partial charge in [-0.25, -0.2) is 0 Å². The van der Waals surface area contributed by atoms with Gasteiger partial charge in [0.15, 0.2) is 0 Å². The summed E-state index contributed by atoms with van der Waals surface area (Å²) in [5.74, 6) is 0. The monoisotopic (exact) mass is 224 g/mol. The number of fused-ring (bicyclic) bond motifs is 1. The van der Waals surface area contributed by atoms with E-state index in [1.54, 1.807) is 0 Å². The number of para-hydroxylation sites is 1. The third kappa shape index (κ3) is 1.76. The topological polar surface area (TPSA) is 15.3 Å². The van der Waals surface area contributed by atoms with Crippen LogP contribution in [-0.4, -0.2) is 7.05 Å². The predicted molar refractivity (Wildman–Crippen MR) is 72.3 cm³/mol. The van der Waals surface area contributed by atoms with Crippen LogP contribution in [0.3, 0.4) is 0 Å². The van der Waals surface area contributed by atoms with Crippen LogP contribution in [0, 0.1) is 0 Å². The summed E-state index contributed by atoms with van der Waals surface area (Å²) in [6, 6.07) is 17.1. The fraction of sp³-hybridized carbons (Fsp3) is 0.200. The zero-order valence-corrected chi connectivity index (χ0v) is 9.98. The Morgan fingerprint density at radius 1 is 0.941 bits per heavy atom. The normalized spacial score (nSPS) is 13.6. The molecular formula is C15H16N2. The third-order valence-electron chi connectivity index (χ3n) is 3.37. The Bertz CT molecular complexity index is 520. The lowest BCUT2D eigenvalue weighted by Crippen LogP contribution is -2.14. The van der Waals surface area contributed by atoms with E-state index in [2.05, 4.69) is 58.7 Å². The van der Waals surface area contributed by atoms with Crippen LogP contribution in [0.5, 0.6) is 0 Å². The van der Waals surface area contributed by atoms with Crippen molar-refractivity contribution in [3.63, 3.8) is 0 Å². The van der Waals surface area contributed by atoms with Gasteiger partial charge in [0.2, 0.25) is 0 Å². The van der Waals surface area contributed by atoms with Gasteiger partial charge in [-0.2, -0.15) is 0 Å². The SMILES string of the molecule is CNc1cccc2c1CN(c1ccccc1)C2. The van der Waals surface area contributed by atoms with Crippen LogP contribution in [0.1, 0.15) is 11.1 Å². The summed E-state index contributed by atoms with van der Waals surface area (Å²) >= 11 is 0. The number of nitrogens with one attached hydrogen (secondary N) is 1. The van der Waals surface area contributed by atoms with Crippen molar-refractivity contribution in [2.45, 2.75) is 13.1 Å². The average Bonchev–Trinajstić information content (AvgIpc) is 2.83. The molecule has 0 atom stereocenters. The van der Waals surface area contributed by atoms with E-state index >= 15 is 0 Å². The molecule has 0 aromatic heterocycles. The Morgan fingerprint density at radius 2 is 1.76 bits per heavy atom. The van der Waals surface area contributed by atoms with Crippen molar-refractivity contribution < 1.29 is 0 Å². The highest BCUT2D eigenvalue weighted by Gasteiger charge is 2.20. The molecule has 2 heteroatoms. The smallest absolute Gasteiger partial charge is 0.0457 e. The average molecular weight is 224 g/mol. The Balaban J connectivity index is 1.93. The first kappa shape index (κ1) is 10.2. The molecule has 0 amide bonds. The Labute approximate surface area is 102 Å². The zero-order valence-electron chi connectivity index (χ0n) is 9.98. The molecule has 1 N–H and O–H groups in total. The zero-order chi connectivity index (χ0) is 11.7. The van der Waals surface area contributed by atoms with E-state index in [9.17, 15) is 0 Å². The van der Waals surface area contributed by atoms with Crippen LogP contribution in [0.15, 0.2) is 48.5 Å². The van der Waals surface area contributed by atoms with E-state index in [4.69, 9.17) is 0 Å². The van der Waals surface area contributed by atoms with E-state index in [1.165, 1.54) is 22.5 Å². The second kappa shape index (κ2) is 4.13. The van der Waals surface area contributed by atoms with Gasteiger partial charge in [0.05, 0.1) is 0 Å². The molecule has 0 saturated carbocycles. The lowest BCUT2D eigenvalue weighted by Gasteiger charge is -2.17. The van der Waals surface area contributed by atoms with Crippen molar-refractivity contribution in [3.8, 4) is 0 Å². The number of anilines is 2. The predicted octanol–water partition coefficient (Wildman–Crippen LogP) is 3.25. The van der Waals surface area contributed by atoms with Gasteiger partial charge in [0.25, 0.3) is 0 Å². The fourth-order valence-electron chi connectivity index (χ4n) is 2.48. The van der Waals surface area contributed by atoms with Gasteiger partial charge in [-0.1, -0.05) is 30.3 Å². The van der Waals surface area contributed by atoms with Crippen molar-refractivity contribution in [2.75, 3.05) is 17.3 Å². The highest BCUT2D eigenvalue weighted by Crippen LogP contribution is 2.32. The maximum atomic E-state index is 3.27. The van der Waals surface area contributed by atoms with E-state index in [0.717, 1.165) is 13.1 Å². The minimum Gasteiger partial charge on any atom is -0.388 e. The van der Waals surface area contributed by atoms with Gasteiger partial charge in [-0.15, -0.1) is 0 Å². The molecule has 0 radical (unpaired) electrons. The molecule has 0 spiro atoms. The number of rotatable bonds is 2. The molecule has 0 unspecified atom stereocenters. The molecule has 0 saturated heterocycles. The maximum absolute atomic E-state index is 3.27. The molecule has 0 fully saturated rings. The van der Waals surface area contributed by atoms with Gasteiger partial charge >= 0.3 is 0 Å². The van der Waals surface area contributed by atoms with Gasteiger partial charge < -0.3 is 10.2 Å². The Kier molecular flexibility index (Phi) is 2.48. The van der Waals surface area contributed by atoms with Gasteiger partial charge in [0.1, 0.15) is 0 Å². The number of hydrogen-bond acceptors (Lipinski definition) is 2. The van der Waals surface area contributed by atoms with E-state index in [-0.39, 0.29) is 0 Å². The van der Waals surface area contributed by atoms with Gasteiger partial charge in [-0.3, -0.25) is 0 Å². The van der Waals surface area contributed by atoms with Crippen LogP contribution >= 0.6 is 0 Å². The van der Waals surface area contributed by atoms with Crippen LogP contribution in [-0.2, 0) is 13.1 Å². The van der Waals surface area contributed by atoms with Crippen molar-refractivity contribution in [1.29, 1.82) is 0 Å². The molecular weight excluding hydrogens is 208 g/mol. The summed E-state index contributed by atoms with van der Waals surface area (Å²) in [5, 5.41) is 3.27. The lowest BCUT2D eigenvalue weighted by molar-refractivity contribution is 0.881. The molecule has 2 nitrogen and oxygen atoms in total. The third-order valence-corrected chi connectivity index (χ3v) is 3.37.